The molecule has 2 heterocycles. The third kappa shape index (κ3) is 2.83. The van der Waals surface area contributed by atoms with E-state index in [0.29, 0.717) is 10.0 Å². The number of benzene rings is 2. The summed E-state index contributed by atoms with van der Waals surface area (Å²) in [5.41, 5.74) is 3.29. The van der Waals surface area contributed by atoms with Crippen molar-refractivity contribution >= 4 is 23.2 Å². The van der Waals surface area contributed by atoms with E-state index < -0.39 is 0 Å². The summed E-state index contributed by atoms with van der Waals surface area (Å²) in [7, 11) is 0. The van der Waals surface area contributed by atoms with Gasteiger partial charge in [0.15, 0.2) is 5.69 Å². The molecule has 0 radical (unpaired) electrons. The highest BCUT2D eigenvalue weighted by Crippen LogP contribution is 2.30. The van der Waals surface area contributed by atoms with Crippen LogP contribution in [0, 0.1) is 5.82 Å². The van der Waals surface area contributed by atoms with Crippen LogP contribution in [-0.4, -0.2) is 4.57 Å². The molecule has 1 aromatic heterocycles. The Morgan fingerprint density at radius 1 is 1.04 bits per heavy atom. The predicted molar refractivity (Wildman–Crippen MR) is 93.9 cm³/mol. The van der Waals surface area contributed by atoms with Crippen LogP contribution >= 0.6 is 23.2 Å². The quantitative estimate of drug-likeness (QED) is 0.587. The second-order valence-electron chi connectivity index (χ2n) is 6.07. The van der Waals surface area contributed by atoms with Crippen molar-refractivity contribution in [3.8, 4) is 11.3 Å². The highest BCUT2D eigenvalue weighted by molar-refractivity contribution is 6.42. The van der Waals surface area contributed by atoms with Gasteiger partial charge in [-0.2, -0.15) is 0 Å². The number of hydrogen-bond donors (Lipinski definition) is 0. The van der Waals surface area contributed by atoms with Gasteiger partial charge in [-0.25, -0.2) is 13.5 Å². The summed E-state index contributed by atoms with van der Waals surface area (Å²) >= 11 is 12.2. The second-order valence-corrected chi connectivity index (χ2v) is 6.88. The van der Waals surface area contributed by atoms with Crippen molar-refractivity contribution in [1.82, 2.24) is 4.57 Å². The van der Waals surface area contributed by atoms with Crippen molar-refractivity contribution in [3.05, 3.63) is 75.9 Å². The molecule has 0 spiro atoms. The van der Waals surface area contributed by atoms with E-state index in [2.05, 4.69) is 15.3 Å². The molecule has 0 bridgehead atoms. The molecule has 4 rings (SSSR count). The fourth-order valence-corrected chi connectivity index (χ4v) is 3.62. The summed E-state index contributed by atoms with van der Waals surface area (Å²) in [6, 6.07) is 12.4. The molecule has 3 aromatic rings. The topological polar surface area (TPSA) is 8.81 Å². The van der Waals surface area contributed by atoms with Crippen LogP contribution in [0.3, 0.4) is 0 Å². The normalized spacial score (nSPS) is 13.3. The minimum absolute atomic E-state index is 0.206. The molecule has 5 heteroatoms. The number of rotatable bonds is 3. The highest BCUT2D eigenvalue weighted by Gasteiger charge is 2.28. The standard InChI is InChI=1S/C19H16Cl2FN2/c20-16-8-5-14(10-17(16)21)18-12-23(19-2-1-9-24(18)19)11-13-3-6-15(22)7-4-13/h3-8,10,12H,1-2,9,11H2/q+1. The molecule has 122 valence electrons. The first-order valence-electron chi connectivity index (χ1n) is 7.93. The summed E-state index contributed by atoms with van der Waals surface area (Å²) in [5, 5.41) is 1.13. The first kappa shape index (κ1) is 15.7. The third-order valence-corrected chi connectivity index (χ3v) is 5.21. The smallest absolute Gasteiger partial charge is 0.229 e. The Balaban J connectivity index is 1.74. The van der Waals surface area contributed by atoms with Gasteiger partial charge in [-0.1, -0.05) is 35.3 Å². The Bertz CT molecular complexity index is 900. The van der Waals surface area contributed by atoms with Gasteiger partial charge in [0.25, 0.3) is 5.82 Å². The molecule has 0 unspecified atom stereocenters. The van der Waals surface area contributed by atoms with E-state index in [0.717, 1.165) is 42.8 Å². The molecule has 0 fully saturated rings. The second kappa shape index (κ2) is 6.23. The molecule has 0 saturated heterocycles. The fourth-order valence-electron chi connectivity index (χ4n) is 3.32. The SMILES string of the molecule is Fc1ccc(C[n+]2cc(-c3ccc(Cl)c(Cl)c3)n3c2CCC3)cc1. The molecule has 0 amide bonds. The molecule has 1 aliphatic rings. The van der Waals surface area contributed by atoms with E-state index in [1.165, 1.54) is 18.0 Å². The molecule has 0 aliphatic carbocycles. The van der Waals surface area contributed by atoms with E-state index in [1.807, 2.05) is 30.3 Å². The zero-order chi connectivity index (χ0) is 16.7. The molecule has 0 N–H and O–H groups in total. The molecule has 2 aromatic carbocycles. The van der Waals surface area contributed by atoms with Crippen LogP contribution in [0.1, 0.15) is 17.8 Å². The van der Waals surface area contributed by atoms with Gasteiger partial charge in [-0.05, 0) is 42.3 Å². The monoisotopic (exact) mass is 361 g/mol. The van der Waals surface area contributed by atoms with Gasteiger partial charge in [-0.3, -0.25) is 0 Å². The molecular formula is C19H16Cl2FN2+. The van der Waals surface area contributed by atoms with E-state index in [1.54, 1.807) is 0 Å². The lowest BCUT2D eigenvalue weighted by atomic mass is 10.1. The summed E-state index contributed by atoms with van der Waals surface area (Å²) in [5.74, 6) is 1.09. The first-order chi connectivity index (χ1) is 11.6. The summed E-state index contributed by atoms with van der Waals surface area (Å²) in [4.78, 5) is 0. The zero-order valence-corrected chi connectivity index (χ0v) is 14.5. The Kier molecular flexibility index (Phi) is 4.07. The number of nitrogens with zero attached hydrogens (tertiary/aromatic N) is 2. The number of fused-ring (bicyclic) bond motifs is 1. The molecular weight excluding hydrogens is 346 g/mol. The van der Waals surface area contributed by atoms with E-state index >= 15 is 0 Å². The maximum atomic E-state index is 13.1. The molecule has 1 aliphatic heterocycles. The first-order valence-corrected chi connectivity index (χ1v) is 8.69. The summed E-state index contributed by atoms with van der Waals surface area (Å²) < 4.78 is 17.7. The molecule has 24 heavy (non-hydrogen) atoms. The van der Waals surface area contributed by atoms with Gasteiger partial charge in [0.2, 0.25) is 0 Å². The Morgan fingerprint density at radius 2 is 1.83 bits per heavy atom. The van der Waals surface area contributed by atoms with Crippen LogP contribution in [-0.2, 0) is 19.5 Å². The van der Waals surface area contributed by atoms with Crippen LogP contribution < -0.4 is 4.57 Å². The predicted octanol–water partition coefficient (Wildman–Crippen LogP) is 4.88. The minimum Gasteiger partial charge on any atom is -0.229 e. The van der Waals surface area contributed by atoms with Gasteiger partial charge in [0.05, 0.1) is 23.0 Å². The lowest BCUT2D eigenvalue weighted by molar-refractivity contribution is -0.694. The van der Waals surface area contributed by atoms with Gasteiger partial charge >= 0.3 is 0 Å². The third-order valence-electron chi connectivity index (χ3n) is 4.48. The molecule has 0 atom stereocenters. The Hall–Kier alpha value is -1.84. The van der Waals surface area contributed by atoms with E-state index in [4.69, 9.17) is 23.2 Å². The number of hydrogen-bond acceptors (Lipinski definition) is 0. The van der Waals surface area contributed by atoms with Crippen molar-refractivity contribution < 1.29 is 8.96 Å². The Morgan fingerprint density at radius 3 is 2.58 bits per heavy atom. The summed E-state index contributed by atoms with van der Waals surface area (Å²) in [6.45, 7) is 1.73. The molecule has 2 nitrogen and oxygen atoms in total. The van der Waals surface area contributed by atoms with E-state index in [9.17, 15) is 4.39 Å². The Labute approximate surface area is 150 Å². The van der Waals surface area contributed by atoms with Crippen LogP contribution in [0.2, 0.25) is 10.0 Å². The number of imidazole rings is 1. The minimum atomic E-state index is -0.206. The molecule has 0 saturated carbocycles. The largest absolute Gasteiger partial charge is 0.257 e. The maximum absolute atomic E-state index is 13.1. The van der Waals surface area contributed by atoms with Gasteiger partial charge in [0.1, 0.15) is 18.6 Å². The van der Waals surface area contributed by atoms with Crippen molar-refractivity contribution in [2.45, 2.75) is 25.9 Å². The number of aromatic nitrogens is 2. The van der Waals surface area contributed by atoms with Crippen molar-refractivity contribution in [1.29, 1.82) is 0 Å². The summed E-state index contributed by atoms with van der Waals surface area (Å²) in [6.07, 6.45) is 4.33. The maximum Gasteiger partial charge on any atom is 0.257 e. The lowest BCUT2D eigenvalue weighted by Crippen LogP contribution is -2.36. The number of halogens is 3. The average Bonchev–Trinajstić information content (AvgIpc) is 3.16. The van der Waals surface area contributed by atoms with Crippen LogP contribution in [0.5, 0.6) is 0 Å². The highest BCUT2D eigenvalue weighted by atomic mass is 35.5. The van der Waals surface area contributed by atoms with Gasteiger partial charge < -0.3 is 0 Å². The zero-order valence-electron chi connectivity index (χ0n) is 13.0. The average molecular weight is 362 g/mol. The van der Waals surface area contributed by atoms with E-state index in [-0.39, 0.29) is 5.82 Å². The lowest BCUT2D eigenvalue weighted by Gasteiger charge is -2.01. The van der Waals surface area contributed by atoms with Crippen molar-refractivity contribution in [2.75, 3.05) is 0 Å². The van der Waals surface area contributed by atoms with Crippen LogP contribution in [0.15, 0.2) is 48.7 Å². The van der Waals surface area contributed by atoms with Crippen molar-refractivity contribution in [2.24, 2.45) is 0 Å². The van der Waals surface area contributed by atoms with Crippen LogP contribution in [0.4, 0.5) is 4.39 Å². The fraction of sp³-hybridized carbons (Fsp3) is 0.211. The van der Waals surface area contributed by atoms with Crippen molar-refractivity contribution in [3.63, 3.8) is 0 Å². The van der Waals surface area contributed by atoms with Gasteiger partial charge in [0, 0.05) is 5.56 Å². The van der Waals surface area contributed by atoms with Gasteiger partial charge in [-0.15, -0.1) is 0 Å². The van der Waals surface area contributed by atoms with Crippen LogP contribution in [0.25, 0.3) is 11.3 Å².